The summed E-state index contributed by atoms with van der Waals surface area (Å²) in [7, 11) is 3.16. The van der Waals surface area contributed by atoms with Gasteiger partial charge in [0.05, 0.1) is 24.8 Å². The van der Waals surface area contributed by atoms with E-state index in [1.54, 1.807) is 43.1 Å². The van der Waals surface area contributed by atoms with Gasteiger partial charge in [-0.2, -0.15) is 0 Å². The molecule has 2 heterocycles. The second kappa shape index (κ2) is 11.3. The predicted octanol–water partition coefficient (Wildman–Crippen LogP) is 6.70. The van der Waals surface area contributed by atoms with Gasteiger partial charge in [-0.15, -0.1) is 0 Å². The van der Waals surface area contributed by atoms with Crippen LogP contribution in [0.15, 0.2) is 52.4 Å². The third-order valence-electron chi connectivity index (χ3n) is 6.66. The molecule has 38 heavy (non-hydrogen) atoms. The zero-order chi connectivity index (χ0) is 26.8. The largest absolute Gasteiger partial charge is 0.497 e. The van der Waals surface area contributed by atoms with Crippen molar-refractivity contribution in [3.63, 3.8) is 0 Å². The molecule has 0 amide bonds. The van der Waals surface area contributed by atoms with Crippen LogP contribution in [0.1, 0.15) is 43.7 Å². The number of nitro groups is 1. The molecule has 0 unspecified atom stereocenters. The van der Waals surface area contributed by atoms with Gasteiger partial charge in [0.2, 0.25) is 0 Å². The van der Waals surface area contributed by atoms with Gasteiger partial charge in [0.15, 0.2) is 14.8 Å². The Labute approximate surface area is 232 Å². The van der Waals surface area contributed by atoms with E-state index in [0.717, 1.165) is 37.7 Å². The van der Waals surface area contributed by atoms with E-state index in [2.05, 4.69) is 0 Å². The molecular weight excluding hydrogens is 545 g/mol. The Kier molecular flexibility index (Phi) is 7.82. The standard InChI is InChI=1S/C26H26N4O5S3/c1-34-19-11-12-21(35-2)20(14-19)29-23-22(38-26(29)36)24(31)28(17-8-4-3-5-9-17)25(27-23)37-15-16-7-6-10-18(13-16)30(32)33/h6-7,10-14,17H,3-5,8-9,15H2,1-2H3. The number of non-ortho nitro benzene ring substituents is 1. The Bertz CT molecular complexity index is 1620. The topological polar surface area (TPSA) is 101 Å². The maximum absolute atomic E-state index is 14.0. The van der Waals surface area contributed by atoms with Crippen molar-refractivity contribution >= 4 is 51.4 Å². The number of methoxy groups -OCH3 is 2. The number of benzene rings is 2. The quantitative estimate of drug-likeness (QED) is 0.0758. The first-order valence-corrected chi connectivity index (χ1v) is 14.4. The Balaban J connectivity index is 1.67. The highest BCUT2D eigenvalue weighted by Crippen LogP contribution is 2.36. The zero-order valence-electron chi connectivity index (χ0n) is 20.9. The summed E-state index contributed by atoms with van der Waals surface area (Å²) in [4.78, 5) is 29.9. The third-order valence-corrected chi connectivity index (χ3v) is 9.04. The molecule has 0 bridgehead atoms. The average molecular weight is 571 g/mol. The van der Waals surface area contributed by atoms with Gasteiger partial charge in [0, 0.05) is 30.0 Å². The molecule has 1 aliphatic carbocycles. The number of thiazole rings is 1. The minimum atomic E-state index is -0.405. The van der Waals surface area contributed by atoms with Gasteiger partial charge in [-0.1, -0.05) is 54.5 Å². The van der Waals surface area contributed by atoms with Crippen molar-refractivity contribution in [2.45, 2.75) is 49.1 Å². The lowest BCUT2D eigenvalue weighted by Gasteiger charge is -2.26. The van der Waals surface area contributed by atoms with Crippen LogP contribution in [-0.4, -0.2) is 33.3 Å². The van der Waals surface area contributed by atoms with E-state index in [9.17, 15) is 14.9 Å². The summed E-state index contributed by atoms with van der Waals surface area (Å²) in [5.41, 5.74) is 1.81. The lowest BCUT2D eigenvalue weighted by molar-refractivity contribution is -0.384. The lowest BCUT2D eigenvalue weighted by atomic mass is 9.95. The molecule has 1 aliphatic rings. The van der Waals surface area contributed by atoms with E-state index >= 15 is 0 Å². The summed E-state index contributed by atoms with van der Waals surface area (Å²) in [5.74, 6) is 1.63. The Morgan fingerprint density at radius 2 is 1.95 bits per heavy atom. The van der Waals surface area contributed by atoms with E-state index in [4.69, 9.17) is 26.7 Å². The predicted molar refractivity (Wildman–Crippen MR) is 152 cm³/mol. The number of nitrogens with zero attached hydrogens (tertiary/aromatic N) is 4. The van der Waals surface area contributed by atoms with Gasteiger partial charge in [-0.3, -0.25) is 24.0 Å². The van der Waals surface area contributed by atoms with Gasteiger partial charge in [-0.05, 0) is 42.8 Å². The minimum absolute atomic E-state index is 0.0349. The van der Waals surface area contributed by atoms with E-state index in [1.807, 2.05) is 16.7 Å². The second-order valence-electron chi connectivity index (χ2n) is 8.97. The molecule has 0 spiro atoms. The van der Waals surface area contributed by atoms with Crippen LogP contribution in [-0.2, 0) is 5.75 Å². The molecule has 2 aromatic heterocycles. The van der Waals surface area contributed by atoms with Crippen molar-refractivity contribution < 1.29 is 14.4 Å². The first-order chi connectivity index (χ1) is 18.4. The van der Waals surface area contributed by atoms with Crippen molar-refractivity contribution in [1.29, 1.82) is 0 Å². The Morgan fingerprint density at radius 3 is 2.66 bits per heavy atom. The van der Waals surface area contributed by atoms with Crippen LogP contribution in [0.5, 0.6) is 11.5 Å². The van der Waals surface area contributed by atoms with E-state index < -0.39 is 4.92 Å². The van der Waals surface area contributed by atoms with Crippen molar-refractivity contribution in [3.8, 4) is 17.2 Å². The molecule has 9 nitrogen and oxygen atoms in total. The third kappa shape index (κ3) is 5.07. The number of hydrogen-bond donors (Lipinski definition) is 0. The molecule has 2 aromatic carbocycles. The minimum Gasteiger partial charge on any atom is -0.497 e. The van der Waals surface area contributed by atoms with Crippen molar-refractivity contribution in [2.24, 2.45) is 0 Å². The van der Waals surface area contributed by atoms with Crippen molar-refractivity contribution in [2.75, 3.05) is 14.2 Å². The first-order valence-electron chi connectivity index (χ1n) is 12.2. The summed E-state index contributed by atoms with van der Waals surface area (Å²) >= 11 is 8.38. The summed E-state index contributed by atoms with van der Waals surface area (Å²) in [5, 5.41) is 11.8. The number of fused-ring (bicyclic) bond motifs is 1. The maximum atomic E-state index is 14.0. The normalized spacial score (nSPS) is 14.1. The molecule has 5 rings (SSSR count). The number of ether oxygens (including phenoxy) is 2. The number of nitro benzene ring substituents is 1. The monoisotopic (exact) mass is 570 g/mol. The molecule has 0 radical (unpaired) electrons. The number of aromatic nitrogens is 3. The summed E-state index contributed by atoms with van der Waals surface area (Å²) in [6.45, 7) is 0. The van der Waals surface area contributed by atoms with E-state index in [-0.39, 0.29) is 17.3 Å². The highest BCUT2D eigenvalue weighted by atomic mass is 32.2. The molecule has 0 N–H and O–H groups in total. The SMILES string of the molecule is COc1ccc(OC)c(-n2c(=S)sc3c(=O)n(C4CCCCC4)c(SCc4cccc([N+](=O)[O-])c4)nc32)c1. The van der Waals surface area contributed by atoms with Crippen LogP contribution < -0.4 is 15.0 Å². The molecule has 12 heteroatoms. The molecule has 0 aliphatic heterocycles. The molecular formula is C26H26N4O5S3. The highest BCUT2D eigenvalue weighted by molar-refractivity contribution is 7.98. The molecule has 198 valence electrons. The van der Waals surface area contributed by atoms with Gasteiger partial charge in [-0.25, -0.2) is 4.98 Å². The van der Waals surface area contributed by atoms with Gasteiger partial charge in [0.1, 0.15) is 16.2 Å². The fraction of sp³-hybridized carbons (Fsp3) is 0.346. The van der Waals surface area contributed by atoms with Gasteiger partial charge >= 0.3 is 0 Å². The average Bonchev–Trinajstić information content (AvgIpc) is 3.28. The van der Waals surface area contributed by atoms with Gasteiger partial charge in [0.25, 0.3) is 11.2 Å². The van der Waals surface area contributed by atoms with Crippen LogP contribution in [0.3, 0.4) is 0 Å². The highest BCUT2D eigenvalue weighted by Gasteiger charge is 2.25. The van der Waals surface area contributed by atoms with Crippen molar-refractivity contribution in [3.05, 3.63) is 72.5 Å². The first kappa shape index (κ1) is 26.4. The Morgan fingerprint density at radius 1 is 1.16 bits per heavy atom. The molecule has 4 aromatic rings. The van der Waals surface area contributed by atoms with Crippen molar-refractivity contribution in [1.82, 2.24) is 14.1 Å². The zero-order valence-corrected chi connectivity index (χ0v) is 23.4. The maximum Gasteiger partial charge on any atom is 0.274 e. The van der Waals surface area contributed by atoms with Gasteiger partial charge < -0.3 is 9.47 Å². The van der Waals surface area contributed by atoms with Crippen LogP contribution in [0.4, 0.5) is 5.69 Å². The molecule has 1 saturated carbocycles. The molecule has 0 saturated heterocycles. The lowest BCUT2D eigenvalue weighted by Crippen LogP contribution is -2.28. The summed E-state index contributed by atoms with van der Waals surface area (Å²) < 4.78 is 15.6. The summed E-state index contributed by atoms with van der Waals surface area (Å²) in [6.07, 6.45) is 5.09. The Hall–Kier alpha value is -3.22. The number of thioether (sulfide) groups is 1. The van der Waals surface area contributed by atoms with Crippen LogP contribution >= 0.6 is 35.3 Å². The fourth-order valence-corrected chi connectivity index (χ4v) is 7.10. The fourth-order valence-electron chi connectivity index (χ4n) is 4.80. The number of hydrogen-bond acceptors (Lipinski definition) is 9. The smallest absolute Gasteiger partial charge is 0.274 e. The van der Waals surface area contributed by atoms with Crippen LogP contribution in [0.25, 0.3) is 16.0 Å². The molecule has 1 fully saturated rings. The number of rotatable bonds is 8. The van der Waals surface area contributed by atoms with Crippen LogP contribution in [0.2, 0.25) is 0 Å². The summed E-state index contributed by atoms with van der Waals surface area (Å²) in [6, 6.07) is 12.0. The van der Waals surface area contributed by atoms with E-state index in [0.29, 0.717) is 42.4 Å². The molecule has 0 atom stereocenters. The second-order valence-corrected chi connectivity index (χ2v) is 11.6. The van der Waals surface area contributed by atoms with E-state index in [1.165, 1.54) is 29.2 Å². The van der Waals surface area contributed by atoms with Crippen LogP contribution in [0, 0.1) is 14.1 Å².